The topological polar surface area (TPSA) is 119 Å². The maximum Gasteiger partial charge on any atom is 0.355 e. The summed E-state index contributed by atoms with van der Waals surface area (Å²) in [6.45, 7) is 0.893. The van der Waals surface area contributed by atoms with Gasteiger partial charge in [-0.2, -0.15) is 0 Å². The predicted octanol–water partition coefficient (Wildman–Crippen LogP) is 1.72. The van der Waals surface area contributed by atoms with Gasteiger partial charge in [0.25, 0.3) is 5.60 Å². The van der Waals surface area contributed by atoms with E-state index in [2.05, 4.69) is 0 Å². The molecule has 1 saturated heterocycles. The summed E-state index contributed by atoms with van der Waals surface area (Å²) < 4.78 is 38.6. The maximum absolute atomic E-state index is 13.3. The highest BCUT2D eigenvalue weighted by Gasteiger charge is 2.72. The Bertz CT molecular complexity index is 1170. The minimum absolute atomic E-state index is 0.00107. The van der Waals surface area contributed by atoms with E-state index < -0.39 is 29.1 Å². The van der Waals surface area contributed by atoms with Crippen molar-refractivity contribution in [2.45, 2.75) is 30.5 Å². The fourth-order valence-electron chi connectivity index (χ4n) is 5.22. The SMILES string of the molecule is COc1cc([C@H]2c3cc4c(cc3C[C@@]3(O)COC(=O)[C@]23OC(C)=O)OCO4)cc(OC)c1OC. The summed E-state index contributed by atoms with van der Waals surface area (Å²) in [4.78, 5) is 25.6. The Hall–Kier alpha value is -3.66. The van der Waals surface area contributed by atoms with E-state index in [-0.39, 0.29) is 19.8 Å². The van der Waals surface area contributed by atoms with Crippen LogP contribution in [0, 0.1) is 0 Å². The highest BCUT2D eigenvalue weighted by atomic mass is 16.7. The maximum atomic E-state index is 13.3. The molecule has 5 rings (SSSR count). The largest absolute Gasteiger partial charge is 0.493 e. The van der Waals surface area contributed by atoms with Gasteiger partial charge in [0, 0.05) is 13.3 Å². The molecule has 3 aliphatic rings. The summed E-state index contributed by atoms with van der Waals surface area (Å²) in [5, 5.41) is 11.8. The van der Waals surface area contributed by atoms with E-state index in [1.807, 2.05) is 0 Å². The zero-order chi connectivity index (χ0) is 24.3. The van der Waals surface area contributed by atoms with E-state index >= 15 is 0 Å². The summed E-state index contributed by atoms with van der Waals surface area (Å²) in [5.74, 6) is -0.548. The molecule has 0 saturated carbocycles. The molecule has 1 N–H and O–H groups in total. The van der Waals surface area contributed by atoms with Gasteiger partial charge in [-0.1, -0.05) is 0 Å². The van der Waals surface area contributed by atoms with Gasteiger partial charge in [-0.3, -0.25) is 4.79 Å². The van der Waals surface area contributed by atoms with Crippen molar-refractivity contribution in [1.29, 1.82) is 0 Å². The minimum Gasteiger partial charge on any atom is -0.493 e. The van der Waals surface area contributed by atoms with Crippen LogP contribution in [-0.2, 0) is 25.5 Å². The van der Waals surface area contributed by atoms with Crippen molar-refractivity contribution in [1.82, 2.24) is 0 Å². The van der Waals surface area contributed by atoms with Crippen LogP contribution < -0.4 is 23.7 Å². The molecule has 10 nitrogen and oxygen atoms in total. The zero-order valence-electron chi connectivity index (χ0n) is 19.1. The Balaban J connectivity index is 1.84. The van der Waals surface area contributed by atoms with Crippen LogP contribution in [0.2, 0.25) is 0 Å². The molecule has 0 bridgehead atoms. The standard InChI is InChI=1S/C24H24O10/c1-12(25)34-24-20(13-5-18(28-2)21(30-4)19(6-13)29-3)15-8-17-16(32-11-33-17)7-14(15)9-23(24,27)10-31-22(24)26/h5-8,20,27H,9-11H2,1-4H3/t20-,23+,24+/m0/s1. The molecule has 3 atom stereocenters. The van der Waals surface area contributed by atoms with Gasteiger partial charge >= 0.3 is 11.9 Å². The first-order valence-corrected chi connectivity index (χ1v) is 10.6. The Labute approximate surface area is 195 Å². The van der Waals surface area contributed by atoms with Crippen LogP contribution in [0.15, 0.2) is 24.3 Å². The quantitative estimate of drug-likeness (QED) is 0.644. The summed E-state index contributed by atoms with van der Waals surface area (Å²) in [5.41, 5.74) is -2.09. The number of methoxy groups -OCH3 is 3. The normalized spacial score (nSPS) is 26.3. The number of hydrogen-bond donors (Lipinski definition) is 1. The molecule has 34 heavy (non-hydrogen) atoms. The Morgan fingerprint density at radius 1 is 1.00 bits per heavy atom. The average Bonchev–Trinajstić information content (AvgIpc) is 3.36. The van der Waals surface area contributed by atoms with E-state index in [9.17, 15) is 14.7 Å². The van der Waals surface area contributed by atoms with Crippen LogP contribution in [0.5, 0.6) is 28.7 Å². The highest BCUT2D eigenvalue weighted by molar-refractivity contribution is 5.90. The average molecular weight is 472 g/mol. The van der Waals surface area contributed by atoms with Crippen LogP contribution in [0.1, 0.15) is 29.5 Å². The van der Waals surface area contributed by atoms with Crippen LogP contribution in [0.4, 0.5) is 0 Å². The van der Waals surface area contributed by atoms with Gasteiger partial charge < -0.3 is 38.3 Å². The van der Waals surface area contributed by atoms with Gasteiger partial charge in [-0.05, 0) is 41.0 Å². The lowest BCUT2D eigenvalue weighted by molar-refractivity contribution is -0.194. The van der Waals surface area contributed by atoms with Gasteiger partial charge in [0.1, 0.15) is 6.61 Å². The third-order valence-corrected chi connectivity index (χ3v) is 6.60. The smallest absolute Gasteiger partial charge is 0.355 e. The third-order valence-electron chi connectivity index (χ3n) is 6.60. The van der Waals surface area contributed by atoms with Crippen LogP contribution in [-0.4, -0.2) is 63.0 Å². The number of esters is 2. The molecule has 2 aromatic carbocycles. The molecule has 10 heteroatoms. The monoisotopic (exact) mass is 472 g/mol. The van der Waals surface area contributed by atoms with Gasteiger partial charge in [-0.15, -0.1) is 0 Å². The van der Waals surface area contributed by atoms with Gasteiger partial charge in [-0.25, -0.2) is 4.79 Å². The van der Waals surface area contributed by atoms with Gasteiger partial charge in [0.15, 0.2) is 28.6 Å². The molecule has 1 fully saturated rings. The lowest BCUT2D eigenvalue weighted by Gasteiger charge is -2.47. The van der Waals surface area contributed by atoms with Crippen molar-refractivity contribution < 1.29 is 47.9 Å². The molecule has 0 amide bonds. The number of carbonyl (C=O) groups excluding carboxylic acids is 2. The van der Waals surface area contributed by atoms with Crippen molar-refractivity contribution in [3.8, 4) is 28.7 Å². The number of ether oxygens (including phenoxy) is 7. The fraction of sp³-hybridized carbons (Fsp3) is 0.417. The minimum atomic E-state index is -2.05. The van der Waals surface area contributed by atoms with Gasteiger partial charge in [0.05, 0.1) is 27.2 Å². The highest BCUT2D eigenvalue weighted by Crippen LogP contribution is 2.57. The molecular formula is C24H24O10. The molecule has 0 unspecified atom stereocenters. The first-order chi connectivity index (χ1) is 16.3. The molecule has 1 aliphatic carbocycles. The summed E-state index contributed by atoms with van der Waals surface area (Å²) in [6.07, 6.45) is -0.00107. The van der Waals surface area contributed by atoms with E-state index in [0.29, 0.717) is 45.4 Å². The second-order valence-electron chi connectivity index (χ2n) is 8.41. The number of carbonyl (C=O) groups is 2. The zero-order valence-corrected chi connectivity index (χ0v) is 19.1. The number of aliphatic hydroxyl groups is 1. The second kappa shape index (κ2) is 7.69. The Kier molecular flexibility index (Phi) is 5.01. The van der Waals surface area contributed by atoms with Crippen molar-refractivity contribution in [3.05, 3.63) is 41.0 Å². The summed E-state index contributed by atoms with van der Waals surface area (Å²) in [6, 6.07) is 6.81. The lowest BCUT2D eigenvalue weighted by Crippen LogP contribution is -2.64. The predicted molar refractivity (Wildman–Crippen MR) is 115 cm³/mol. The van der Waals surface area contributed by atoms with Crippen molar-refractivity contribution in [2.75, 3.05) is 34.7 Å². The molecule has 2 heterocycles. The van der Waals surface area contributed by atoms with Crippen molar-refractivity contribution in [3.63, 3.8) is 0 Å². The van der Waals surface area contributed by atoms with Crippen LogP contribution >= 0.6 is 0 Å². The summed E-state index contributed by atoms with van der Waals surface area (Å²) in [7, 11) is 4.41. The third kappa shape index (κ3) is 2.91. The fourth-order valence-corrected chi connectivity index (χ4v) is 5.22. The molecule has 0 spiro atoms. The summed E-state index contributed by atoms with van der Waals surface area (Å²) >= 11 is 0. The molecule has 0 radical (unpaired) electrons. The van der Waals surface area contributed by atoms with E-state index in [1.54, 1.807) is 24.3 Å². The van der Waals surface area contributed by atoms with E-state index in [0.717, 1.165) is 0 Å². The van der Waals surface area contributed by atoms with Crippen LogP contribution in [0.25, 0.3) is 0 Å². The first-order valence-electron chi connectivity index (χ1n) is 10.6. The lowest BCUT2D eigenvalue weighted by atomic mass is 9.62. The Morgan fingerprint density at radius 3 is 2.24 bits per heavy atom. The molecule has 0 aromatic heterocycles. The molecule has 180 valence electrons. The molecule has 2 aromatic rings. The number of cyclic esters (lactones) is 1. The van der Waals surface area contributed by atoms with Crippen molar-refractivity contribution >= 4 is 11.9 Å². The second-order valence-corrected chi connectivity index (χ2v) is 8.41. The molecular weight excluding hydrogens is 448 g/mol. The van der Waals surface area contributed by atoms with Gasteiger partial charge in [0.2, 0.25) is 12.5 Å². The Morgan fingerprint density at radius 2 is 1.65 bits per heavy atom. The molecule has 2 aliphatic heterocycles. The van der Waals surface area contributed by atoms with Crippen molar-refractivity contribution in [2.24, 2.45) is 0 Å². The number of benzene rings is 2. The van der Waals surface area contributed by atoms with E-state index in [1.165, 1.54) is 28.3 Å². The number of hydrogen-bond acceptors (Lipinski definition) is 10. The first kappa shape index (κ1) is 22.1. The van der Waals surface area contributed by atoms with E-state index in [4.69, 9.17) is 33.2 Å². The number of rotatable bonds is 5. The van der Waals surface area contributed by atoms with Crippen LogP contribution in [0.3, 0.4) is 0 Å². The number of fused-ring (bicyclic) bond motifs is 3.